The third kappa shape index (κ3) is 2.14. The van der Waals surface area contributed by atoms with Crippen LogP contribution in [0.3, 0.4) is 0 Å². The first-order valence-electron chi connectivity index (χ1n) is 5.07. The van der Waals surface area contributed by atoms with Crippen molar-refractivity contribution in [2.75, 3.05) is 5.73 Å². The average molecular weight is 273 g/mol. The van der Waals surface area contributed by atoms with Crippen molar-refractivity contribution in [1.82, 2.24) is 9.55 Å². The highest BCUT2D eigenvalue weighted by Crippen LogP contribution is 2.16. The van der Waals surface area contributed by atoms with Crippen molar-refractivity contribution in [1.29, 1.82) is 5.26 Å². The first kappa shape index (κ1) is 12.7. The number of nitrogens with two attached hydrogens (primary N) is 1. The van der Waals surface area contributed by atoms with Crippen LogP contribution >= 0.6 is 12.2 Å². The van der Waals surface area contributed by atoms with Crippen molar-refractivity contribution in [2.45, 2.75) is 0 Å². The van der Waals surface area contributed by atoms with Crippen LogP contribution in [0.4, 0.5) is 11.5 Å². The number of nitriles is 1. The van der Waals surface area contributed by atoms with Crippen molar-refractivity contribution in [3.05, 3.63) is 49.9 Å². The van der Waals surface area contributed by atoms with Crippen LogP contribution < -0.4 is 11.3 Å². The topological polar surface area (TPSA) is 117 Å². The van der Waals surface area contributed by atoms with Gasteiger partial charge in [-0.15, -0.1) is 4.91 Å². The summed E-state index contributed by atoms with van der Waals surface area (Å²) in [5, 5.41) is 11.4. The Morgan fingerprint density at radius 3 is 2.84 bits per heavy atom. The smallest absolute Gasteiger partial charge is 0.290 e. The summed E-state index contributed by atoms with van der Waals surface area (Å²) in [7, 11) is 0. The quantitative estimate of drug-likeness (QED) is 0.638. The molecule has 19 heavy (non-hydrogen) atoms. The van der Waals surface area contributed by atoms with E-state index in [4.69, 9.17) is 23.2 Å². The summed E-state index contributed by atoms with van der Waals surface area (Å²) in [6.45, 7) is 0. The van der Waals surface area contributed by atoms with E-state index in [0.29, 0.717) is 11.3 Å². The Morgan fingerprint density at radius 2 is 2.21 bits per heavy atom. The molecule has 94 valence electrons. The van der Waals surface area contributed by atoms with Crippen LogP contribution in [-0.2, 0) is 0 Å². The molecule has 3 N–H and O–H groups in total. The minimum absolute atomic E-state index is 0.0185. The lowest BCUT2D eigenvalue weighted by atomic mass is 10.2. The molecule has 2 aromatic rings. The van der Waals surface area contributed by atoms with Crippen LogP contribution in [0.1, 0.15) is 5.56 Å². The number of nitroso groups, excluding NO2 is 1. The first-order valence-corrected chi connectivity index (χ1v) is 5.48. The Morgan fingerprint density at radius 1 is 1.47 bits per heavy atom. The number of hydrogen-bond acceptors (Lipinski definition) is 6. The second kappa shape index (κ2) is 4.83. The lowest BCUT2D eigenvalue weighted by Crippen LogP contribution is -2.21. The largest absolute Gasteiger partial charge is 0.383 e. The number of H-pyrrole nitrogens is 1. The molecule has 1 aromatic heterocycles. The van der Waals surface area contributed by atoms with E-state index in [1.54, 1.807) is 18.2 Å². The van der Waals surface area contributed by atoms with Gasteiger partial charge in [0.25, 0.3) is 5.56 Å². The molecule has 7 nitrogen and oxygen atoms in total. The zero-order chi connectivity index (χ0) is 14.0. The maximum atomic E-state index is 12.1. The minimum Gasteiger partial charge on any atom is -0.383 e. The van der Waals surface area contributed by atoms with Crippen LogP contribution in [0.25, 0.3) is 5.69 Å². The van der Waals surface area contributed by atoms with Gasteiger partial charge in [0.05, 0.1) is 17.3 Å². The fourth-order valence-corrected chi connectivity index (χ4v) is 1.88. The number of anilines is 1. The van der Waals surface area contributed by atoms with Gasteiger partial charge >= 0.3 is 0 Å². The molecule has 0 aliphatic carbocycles. The van der Waals surface area contributed by atoms with Gasteiger partial charge in [0, 0.05) is 0 Å². The zero-order valence-corrected chi connectivity index (χ0v) is 10.3. The van der Waals surface area contributed by atoms with E-state index in [1.807, 2.05) is 6.07 Å². The minimum atomic E-state index is -0.730. The number of benzene rings is 1. The summed E-state index contributed by atoms with van der Waals surface area (Å²) in [6, 6.07) is 8.17. The maximum absolute atomic E-state index is 12.1. The summed E-state index contributed by atoms with van der Waals surface area (Å²) in [4.78, 5) is 25.2. The van der Waals surface area contributed by atoms with Gasteiger partial charge < -0.3 is 10.7 Å². The van der Waals surface area contributed by atoms with E-state index in [0.717, 1.165) is 4.57 Å². The number of hydrogen-bond donors (Lipinski definition) is 2. The highest BCUT2D eigenvalue weighted by atomic mass is 32.1. The zero-order valence-electron chi connectivity index (χ0n) is 9.45. The Balaban J connectivity index is 2.83. The predicted octanol–water partition coefficient (Wildman–Crippen LogP) is 1.75. The van der Waals surface area contributed by atoms with E-state index in [2.05, 4.69) is 10.2 Å². The molecule has 0 unspecified atom stereocenters. The molecule has 0 aliphatic heterocycles. The number of rotatable bonds is 2. The summed E-state index contributed by atoms with van der Waals surface area (Å²) in [5.74, 6) is -0.183. The van der Waals surface area contributed by atoms with Crippen molar-refractivity contribution in [3.8, 4) is 11.8 Å². The average Bonchev–Trinajstić information content (AvgIpc) is 2.39. The monoisotopic (exact) mass is 273 g/mol. The Bertz CT molecular complexity index is 815. The van der Waals surface area contributed by atoms with Gasteiger partial charge in [-0.05, 0) is 35.6 Å². The molecular weight excluding hydrogens is 266 g/mol. The van der Waals surface area contributed by atoms with Crippen LogP contribution in [-0.4, -0.2) is 9.55 Å². The maximum Gasteiger partial charge on any atom is 0.290 e. The molecular formula is C11H7N5O2S. The molecule has 2 rings (SSSR count). The van der Waals surface area contributed by atoms with Gasteiger partial charge in [-0.2, -0.15) is 5.26 Å². The summed E-state index contributed by atoms with van der Waals surface area (Å²) in [6.07, 6.45) is 0. The van der Waals surface area contributed by atoms with E-state index in [9.17, 15) is 9.70 Å². The highest BCUT2D eigenvalue weighted by Gasteiger charge is 2.12. The molecule has 0 fully saturated rings. The fraction of sp³-hybridized carbons (Fsp3) is 0. The van der Waals surface area contributed by atoms with Gasteiger partial charge in [-0.25, -0.2) is 0 Å². The van der Waals surface area contributed by atoms with E-state index in [1.165, 1.54) is 6.07 Å². The van der Waals surface area contributed by atoms with E-state index in [-0.39, 0.29) is 10.6 Å². The summed E-state index contributed by atoms with van der Waals surface area (Å²) in [5.41, 5.74) is 4.99. The molecule has 0 radical (unpaired) electrons. The van der Waals surface area contributed by atoms with E-state index >= 15 is 0 Å². The lowest BCUT2D eigenvalue weighted by Gasteiger charge is -2.07. The predicted molar refractivity (Wildman–Crippen MR) is 71.8 cm³/mol. The molecule has 1 heterocycles. The SMILES string of the molecule is N#Cc1cccc(-n2c(=S)[nH]c(N)c(N=O)c2=O)c1. The van der Waals surface area contributed by atoms with Crippen molar-refractivity contribution in [2.24, 2.45) is 5.18 Å². The second-order valence-electron chi connectivity index (χ2n) is 3.59. The van der Waals surface area contributed by atoms with Crippen molar-refractivity contribution in [3.63, 3.8) is 0 Å². The van der Waals surface area contributed by atoms with Gasteiger partial charge in [-0.3, -0.25) is 9.36 Å². The lowest BCUT2D eigenvalue weighted by molar-refractivity contribution is 0.916. The van der Waals surface area contributed by atoms with Gasteiger partial charge in [0.2, 0.25) is 5.69 Å². The standard InChI is InChI=1S/C11H7N5O2S/c12-5-6-2-1-3-7(4-6)16-10(17)8(15-18)9(13)14-11(16)19/h1-4H,13H2,(H,14,19). The molecule has 0 bridgehead atoms. The molecule has 8 heteroatoms. The Labute approximate surface area is 111 Å². The highest BCUT2D eigenvalue weighted by molar-refractivity contribution is 7.71. The third-order valence-electron chi connectivity index (χ3n) is 2.43. The van der Waals surface area contributed by atoms with Crippen molar-refractivity contribution >= 4 is 23.7 Å². The number of aromatic nitrogens is 2. The molecule has 0 amide bonds. The first-order chi connectivity index (χ1) is 9.08. The van der Waals surface area contributed by atoms with Gasteiger partial charge in [0.1, 0.15) is 5.82 Å². The number of nitrogen functional groups attached to an aromatic ring is 1. The van der Waals surface area contributed by atoms with Crippen LogP contribution in [0, 0.1) is 21.0 Å². The molecule has 0 aliphatic rings. The van der Waals surface area contributed by atoms with Crippen molar-refractivity contribution < 1.29 is 0 Å². The fourth-order valence-electron chi connectivity index (χ4n) is 1.58. The summed E-state index contributed by atoms with van der Waals surface area (Å²) < 4.78 is 1.08. The molecule has 0 saturated carbocycles. The Hall–Kier alpha value is -2.79. The molecule has 0 spiro atoms. The number of nitrogens with zero attached hydrogens (tertiary/aromatic N) is 3. The van der Waals surface area contributed by atoms with Crippen LogP contribution in [0.5, 0.6) is 0 Å². The number of nitrogens with one attached hydrogen (secondary N) is 1. The summed E-state index contributed by atoms with van der Waals surface area (Å²) >= 11 is 5.00. The molecule has 0 atom stereocenters. The van der Waals surface area contributed by atoms with E-state index < -0.39 is 11.2 Å². The Kier molecular flexibility index (Phi) is 3.22. The molecule has 0 saturated heterocycles. The molecule has 1 aromatic carbocycles. The number of aromatic amines is 1. The van der Waals surface area contributed by atoms with Gasteiger partial charge in [0.15, 0.2) is 4.77 Å². The van der Waals surface area contributed by atoms with Gasteiger partial charge in [-0.1, -0.05) is 6.07 Å². The normalized spacial score (nSPS) is 9.84. The van der Waals surface area contributed by atoms with Crippen LogP contribution in [0.2, 0.25) is 0 Å². The second-order valence-corrected chi connectivity index (χ2v) is 3.97. The third-order valence-corrected chi connectivity index (χ3v) is 2.71. The van der Waals surface area contributed by atoms with Crippen LogP contribution in [0.15, 0.2) is 34.2 Å².